The van der Waals surface area contributed by atoms with Gasteiger partial charge in [-0.1, -0.05) is 24.3 Å². The fraction of sp³-hybridized carbons (Fsp3) is 0.167. The minimum Gasteiger partial charge on any atom is -0.352 e. The molecule has 24 heavy (non-hydrogen) atoms. The molecule has 0 aromatic heterocycles. The van der Waals surface area contributed by atoms with Crippen LogP contribution in [-0.2, 0) is 16.1 Å². The van der Waals surface area contributed by atoms with Gasteiger partial charge in [-0.3, -0.25) is 9.59 Å². The standard InChI is InChI=1S/C18H15N3O2S/c19-10-12-4-3-5-13(8-12)11-20-17(22)9-16-18(23)21-14-6-1-2-7-15(14)24-16/h1-8,16H,9,11H2,(H,20,22)(H,21,23). The number of nitriles is 1. The number of para-hydroxylation sites is 1. The number of hydrogen-bond acceptors (Lipinski definition) is 4. The smallest absolute Gasteiger partial charge is 0.238 e. The lowest BCUT2D eigenvalue weighted by molar-refractivity contribution is -0.124. The lowest BCUT2D eigenvalue weighted by Gasteiger charge is -2.23. The molecular weight excluding hydrogens is 322 g/mol. The van der Waals surface area contributed by atoms with Crippen molar-refractivity contribution in [2.24, 2.45) is 0 Å². The molecule has 0 radical (unpaired) electrons. The van der Waals surface area contributed by atoms with Crippen molar-refractivity contribution in [1.82, 2.24) is 5.32 Å². The Hall–Kier alpha value is -2.78. The van der Waals surface area contributed by atoms with Crippen molar-refractivity contribution in [2.75, 3.05) is 5.32 Å². The molecule has 0 saturated carbocycles. The van der Waals surface area contributed by atoms with Crippen LogP contribution in [-0.4, -0.2) is 17.1 Å². The quantitative estimate of drug-likeness (QED) is 0.899. The summed E-state index contributed by atoms with van der Waals surface area (Å²) in [4.78, 5) is 25.2. The van der Waals surface area contributed by atoms with Crippen molar-refractivity contribution in [3.63, 3.8) is 0 Å². The average Bonchev–Trinajstić information content (AvgIpc) is 2.61. The molecule has 6 heteroatoms. The number of rotatable bonds is 4. The lowest BCUT2D eigenvalue weighted by Crippen LogP contribution is -2.34. The first-order valence-corrected chi connectivity index (χ1v) is 8.36. The molecule has 120 valence electrons. The topological polar surface area (TPSA) is 82.0 Å². The molecular formula is C18H15N3O2S. The van der Waals surface area contributed by atoms with Crippen molar-refractivity contribution >= 4 is 29.3 Å². The molecule has 2 amide bonds. The Morgan fingerprint density at radius 2 is 2.08 bits per heavy atom. The van der Waals surface area contributed by atoms with Gasteiger partial charge in [0.05, 0.1) is 22.6 Å². The molecule has 0 saturated heterocycles. The second-order valence-electron chi connectivity index (χ2n) is 5.38. The van der Waals surface area contributed by atoms with Crippen LogP contribution in [0.3, 0.4) is 0 Å². The summed E-state index contributed by atoms with van der Waals surface area (Å²) in [6.45, 7) is 0.337. The number of fused-ring (bicyclic) bond motifs is 1. The molecule has 2 N–H and O–H groups in total. The number of amides is 2. The van der Waals surface area contributed by atoms with E-state index in [1.807, 2.05) is 30.3 Å². The van der Waals surface area contributed by atoms with Crippen molar-refractivity contribution in [3.05, 3.63) is 59.7 Å². The highest BCUT2D eigenvalue weighted by Gasteiger charge is 2.28. The van der Waals surface area contributed by atoms with E-state index in [1.165, 1.54) is 11.8 Å². The Balaban J connectivity index is 1.57. The first kappa shape index (κ1) is 16.1. The first-order valence-electron chi connectivity index (χ1n) is 7.48. The molecule has 3 rings (SSSR count). The molecule has 2 aromatic rings. The number of hydrogen-bond donors (Lipinski definition) is 2. The van der Waals surface area contributed by atoms with Crippen molar-refractivity contribution in [1.29, 1.82) is 5.26 Å². The molecule has 0 aliphatic carbocycles. The molecule has 2 aromatic carbocycles. The van der Waals surface area contributed by atoms with Gasteiger partial charge in [0.2, 0.25) is 11.8 Å². The van der Waals surface area contributed by atoms with E-state index in [4.69, 9.17) is 5.26 Å². The third kappa shape index (κ3) is 3.76. The van der Waals surface area contributed by atoms with Gasteiger partial charge in [0.15, 0.2) is 0 Å². The summed E-state index contributed by atoms with van der Waals surface area (Å²) < 4.78 is 0. The fourth-order valence-electron chi connectivity index (χ4n) is 2.42. The molecule has 1 aliphatic rings. The Morgan fingerprint density at radius 3 is 2.92 bits per heavy atom. The predicted octanol–water partition coefficient (Wildman–Crippen LogP) is 2.68. The summed E-state index contributed by atoms with van der Waals surface area (Å²) in [6.07, 6.45) is 0.114. The monoisotopic (exact) mass is 337 g/mol. The lowest BCUT2D eigenvalue weighted by atomic mass is 10.1. The molecule has 1 unspecified atom stereocenters. The van der Waals surface area contributed by atoms with Gasteiger partial charge in [-0.05, 0) is 29.8 Å². The number of carbonyl (C=O) groups is 2. The molecule has 1 heterocycles. The fourth-order valence-corrected chi connectivity index (χ4v) is 3.53. The molecule has 0 spiro atoms. The second-order valence-corrected chi connectivity index (χ2v) is 6.63. The van der Waals surface area contributed by atoms with Crippen molar-refractivity contribution in [2.45, 2.75) is 23.1 Å². The van der Waals surface area contributed by atoms with Crippen LogP contribution in [0, 0.1) is 11.3 Å². The van der Waals surface area contributed by atoms with E-state index >= 15 is 0 Å². The Labute approximate surface area is 144 Å². The summed E-state index contributed by atoms with van der Waals surface area (Å²) >= 11 is 1.41. The Kier molecular flexibility index (Phi) is 4.82. The Morgan fingerprint density at radius 1 is 1.25 bits per heavy atom. The minimum absolute atomic E-state index is 0.114. The summed E-state index contributed by atoms with van der Waals surface area (Å²) in [5.41, 5.74) is 2.20. The van der Waals surface area contributed by atoms with Crippen molar-refractivity contribution < 1.29 is 9.59 Å². The highest BCUT2D eigenvalue weighted by Crippen LogP contribution is 2.36. The maximum Gasteiger partial charge on any atom is 0.238 e. The highest BCUT2D eigenvalue weighted by molar-refractivity contribution is 8.01. The second kappa shape index (κ2) is 7.20. The highest BCUT2D eigenvalue weighted by atomic mass is 32.2. The number of thioether (sulfide) groups is 1. The van der Waals surface area contributed by atoms with Crippen LogP contribution in [0.4, 0.5) is 5.69 Å². The van der Waals surface area contributed by atoms with Crippen LogP contribution in [0.1, 0.15) is 17.5 Å². The molecule has 0 bridgehead atoms. The summed E-state index contributed by atoms with van der Waals surface area (Å²) in [5.74, 6) is -0.343. The normalized spacial score (nSPS) is 15.8. The van der Waals surface area contributed by atoms with Crippen LogP contribution < -0.4 is 10.6 Å². The third-order valence-corrected chi connectivity index (χ3v) is 4.90. The predicted molar refractivity (Wildman–Crippen MR) is 92.3 cm³/mol. The maximum atomic E-state index is 12.1. The van der Waals surface area contributed by atoms with Crippen LogP contribution in [0.25, 0.3) is 0 Å². The first-order chi connectivity index (χ1) is 11.7. The van der Waals surface area contributed by atoms with Gasteiger partial charge in [0, 0.05) is 17.9 Å². The zero-order valence-corrected chi connectivity index (χ0v) is 13.6. The molecule has 1 atom stereocenters. The molecule has 0 fully saturated rings. The van der Waals surface area contributed by atoms with Gasteiger partial charge < -0.3 is 10.6 Å². The number of benzene rings is 2. The summed E-state index contributed by atoms with van der Waals surface area (Å²) in [5, 5.41) is 14.1. The van der Waals surface area contributed by atoms with E-state index < -0.39 is 5.25 Å². The zero-order valence-electron chi connectivity index (χ0n) is 12.8. The van der Waals surface area contributed by atoms with E-state index in [0.29, 0.717) is 12.1 Å². The van der Waals surface area contributed by atoms with E-state index in [2.05, 4.69) is 16.7 Å². The van der Waals surface area contributed by atoms with E-state index in [1.54, 1.807) is 18.2 Å². The van der Waals surface area contributed by atoms with Crippen LogP contribution in [0.5, 0.6) is 0 Å². The number of anilines is 1. The third-order valence-electron chi connectivity index (χ3n) is 3.62. The van der Waals surface area contributed by atoms with Crippen LogP contribution >= 0.6 is 11.8 Å². The molecule has 5 nitrogen and oxygen atoms in total. The van der Waals surface area contributed by atoms with Gasteiger partial charge in [-0.2, -0.15) is 5.26 Å². The maximum absolute atomic E-state index is 12.1. The Bertz CT molecular complexity index is 829. The minimum atomic E-state index is -0.439. The van der Waals surface area contributed by atoms with E-state index in [0.717, 1.165) is 16.1 Å². The average molecular weight is 337 g/mol. The van der Waals surface area contributed by atoms with E-state index in [9.17, 15) is 9.59 Å². The largest absolute Gasteiger partial charge is 0.352 e. The SMILES string of the molecule is N#Cc1cccc(CNC(=O)CC2Sc3ccccc3NC2=O)c1. The van der Waals surface area contributed by atoms with Gasteiger partial charge in [-0.15, -0.1) is 11.8 Å². The van der Waals surface area contributed by atoms with Gasteiger partial charge in [-0.25, -0.2) is 0 Å². The van der Waals surface area contributed by atoms with Gasteiger partial charge in [0.1, 0.15) is 0 Å². The molecule has 1 aliphatic heterocycles. The van der Waals surface area contributed by atoms with Crippen LogP contribution in [0.2, 0.25) is 0 Å². The zero-order chi connectivity index (χ0) is 16.9. The van der Waals surface area contributed by atoms with E-state index in [-0.39, 0.29) is 18.2 Å². The summed E-state index contributed by atoms with van der Waals surface area (Å²) in [6, 6.07) is 16.7. The number of nitrogens with one attached hydrogen (secondary N) is 2. The van der Waals surface area contributed by atoms with Crippen LogP contribution in [0.15, 0.2) is 53.4 Å². The van der Waals surface area contributed by atoms with Gasteiger partial charge >= 0.3 is 0 Å². The number of carbonyl (C=O) groups excluding carboxylic acids is 2. The summed E-state index contributed by atoms with van der Waals surface area (Å²) in [7, 11) is 0. The van der Waals surface area contributed by atoms with Crippen molar-refractivity contribution in [3.8, 4) is 6.07 Å². The van der Waals surface area contributed by atoms with Gasteiger partial charge in [0.25, 0.3) is 0 Å². The number of nitrogens with zero attached hydrogens (tertiary/aromatic N) is 1.